The molecule has 7 rings (SSSR count). The molecular weight excluding hydrogens is 452 g/mol. The first-order valence-electron chi connectivity index (χ1n) is 12.4. The van der Waals surface area contributed by atoms with Crippen LogP contribution in [0.3, 0.4) is 0 Å². The molecule has 0 radical (unpaired) electrons. The summed E-state index contributed by atoms with van der Waals surface area (Å²) in [5, 5.41) is 16.1. The van der Waals surface area contributed by atoms with Gasteiger partial charge in [0.05, 0.1) is 16.7 Å². The molecule has 6 aromatic carbocycles. The lowest BCUT2D eigenvalue weighted by Gasteiger charge is -2.26. The first kappa shape index (κ1) is 21.3. The quantitative estimate of drug-likeness (QED) is 0.274. The first-order chi connectivity index (χ1) is 18.3. The molecule has 0 fully saturated rings. The summed E-state index contributed by atoms with van der Waals surface area (Å²) in [4.78, 5) is 2.13. The summed E-state index contributed by atoms with van der Waals surface area (Å²) in [6, 6.07) is 47.8. The minimum absolute atomic E-state index is 0.226. The smallest absolute Gasteiger partial charge is 0.141 e. The molecule has 0 amide bonds. The van der Waals surface area contributed by atoms with Crippen LogP contribution in [-0.2, 0) is 0 Å². The molecule has 0 aliphatic heterocycles. The van der Waals surface area contributed by atoms with Crippen molar-refractivity contribution in [2.24, 2.45) is 0 Å². The van der Waals surface area contributed by atoms with Gasteiger partial charge in [0.15, 0.2) is 0 Å². The summed E-state index contributed by atoms with van der Waals surface area (Å²) >= 11 is 0. The van der Waals surface area contributed by atoms with Crippen LogP contribution in [0.15, 0.2) is 140 Å². The maximum atomic E-state index is 11.6. The lowest BCUT2D eigenvalue weighted by atomic mass is 10.1. The number of aromatic nitrogens is 1. The Hall–Kier alpha value is -5.02. The zero-order valence-corrected chi connectivity index (χ0v) is 20.1. The topological polar surface area (TPSA) is 28.4 Å². The van der Waals surface area contributed by atoms with Gasteiger partial charge in [0, 0.05) is 33.9 Å². The summed E-state index contributed by atoms with van der Waals surface area (Å²) in [5.74, 6) is 0.226. The van der Waals surface area contributed by atoms with Gasteiger partial charge in [0.25, 0.3) is 0 Å². The van der Waals surface area contributed by atoms with E-state index in [9.17, 15) is 5.11 Å². The Kier molecular flexibility index (Phi) is 4.93. The van der Waals surface area contributed by atoms with Crippen LogP contribution in [-0.4, -0.2) is 9.67 Å². The molecular formula is C34H24N2O. The Balaban J connectivity index is 1.52. The summed E-state index contributed by atoms with van der Waals surface area (Å²) in [7, 11) is 0. The van der Waals surface area contributed by atoms with Gasteiger partial charge in [0.1, 0.15) is 5.75 Å². The fourth-order valence-electron chi connectivity index (χ4n) is 5.35. The van der Waals surface area contributed by atoms with E-state index in [1.165, 1.54) is 5.39 Å². The van der Waals surface area contributed by atoms with E-state index in [4.69, 9.17) is 0 Å². The van der Waals surface area contributed by atoms with Crippen LogP contribution in [0.1, 0.15) is 0 Å². The molecule has 7 aromatic rings. The Labute approximate surface area is 215 Å². The largest absolute Gasteiger partial charge is 0.506 e. The molecule has 0 aliphatic rings. The van der Waals surface area contributed by atoms with Gasteiger partial charge in [-0.3, -0.25) is 0 Å². The van der Waals surface area contributed by atoms with E-state index in [-0.39, 0.29) is 5.75 Å². The molecule has 3 heteroatoms. The van der Waals surface area contributed by atoms with Crippen molar-refractivity contribution in [2.75, 3.05) is 4.90 Å². The number of rotatable bonds is 4. The van der Waals surface area contributed by atoms with Crippen LogP contribution in [0.5, 0.6) is 5.75 Å². The third kappa shape index (κ3) is 3.52. The van der Waals surface area contributed by atoms with Gasteiger partial charge in [0.2, 0.25) is 0 Å². The number of benzene rings is 6. The van der Waals surface area contributed by atoms with Crippen molar-refractivity contribution in [3.63, 3.8) is 0 Å². The van der Waals surface area contributed by atoms with Crippen molar-refractivity contribution < 1.29 is 5.11 Å². The number of para-hydroxylation sites is 3. The van der Waals surface area contributed by atoms with E-state index >= 15 is 0 Å². The van der Waals surface area contributed by atoms with Gasteiger partial charge < -0.3 is 14.6 Å². The second-order valence-electron chi connectivity index (χ2n) is 9.25. The standard InChI is InChI=1S/C34H24N2O/c37-34-23-32-30(29-17-9-10-18-31(29)36(32)27-15-5-2-6-16-27)22-33(34)35(26-13-3-1-4-14-26)28-20-19-24-11-7-8-12-25(24)21-28/h1-23,37H. The van der Waals surface area contributed by atoms with Crippen molar-refractivity contribution in [2.45, 2.75) is 0 Å². The zero-order valence-electron chi connectivity index (χ0n) is 20.1. The molecule has 0 atom stereocenters. The summed E-state index contributed by atoms with van der Waals surface area (Å²) in [6.45, 7) is 0. The fourth-order valence-corrected chi connectivity index (χ4v) is 5.35. The van der Waals surface area contributed by atoms with Crippen LogP contribution in [0.4, 0.5) is 17.1 Å². The normalized spacial score (nSPS) is 11.4. The molecule has 1 aromatic heterocycles. The van der Waals surface area contributed by atoms with E-state index in [2.05, 4.69) is 107 Å². The molecule has 1 N–H and O–H groups in total. The predicted octanol–water partition coefficient (Wildman–Crippen LogP) is 9.11. The number of anilines is 3. The van der Waals surface area contributed by atoms with Crippen molar-refractivity contribution in [3.05, 3.63) is 140 Å². The van der Waals surface area contributed by atoms with E-state index in [1.54, 1.807) is 0 Å². The molecule has 0 aliphatic carbocycles. The van der Waals surface area contributed by atoms with Crippen molar-refractivity contribution in [1.82, 2.24) is 4.57 Å². The van der Waals surface area contributed by atoms with E-state index in [0.29, 0.717) is 0 Å². The highest BCUT2D eigenvalue weighted by Gasteiger charge is 2.20. The van der Waals surface area contributed by atoms with Gasteiger partial charge >= 0.3 is 0 Å². The SMILES string of the molecule is Oc1cc2c(cc1N(c1ccccc1)c1ccc3ccccc3c1)c1ccccc1n2-c1ccccc1. The summed E-state index contributed by atoms with van der Waals surface area (Å²) in [5.41, 5.74) is 5.86. The summed E-state index contributed by atoms with van der Waals surface area (Å²) < 4.78 is 2.22. The fraction of sp³-hybridized carbons (Fsp3) is 0. The first-order valence-corrected chi connectivity index (χ1v) is 12.4. The molecule has 0 bridgehead atoms. The molecule has 1 heterocycles. The van der Waals surface area contributed by atoms with Crippen molar-refractivity contribution in [3.8, 4) is 11.4 Å². The van der Waals surface area contributed by atoms with Gasteiger partial charge in [-0.25, -0.2) is 0 Å². The number of fused-ring (bicyclic) bond motifs is 4. The highest BCUT2D eigenvalue weighted by Crippen LogP contribution is 2.44. The molecule has 0 saturated carbocycles. The average Bonchev–Trinajstić information content (AvgIpc) is 3.27. The lowest BCUT2D eigenvalue weighted by Crippen LogP contribution is -2.10. The molecule has 37 heavy (non-hydrogen) atoms. The Morgan fingerprint density at radius 1 is 0.486 bits per heavy atom. The average molecular weight is 477 g/mol. The highest BCUT2D eigenvalue weighted by atomic mass is 16.3. The number of hydrogen-bond donors (Lipinski definition) is 1. The third-order valence-corrected chi connectivity index (χ3v) is 7.03. The second-order valence-corrected chi connectivity index (χ2v) is 9.25. The minimum atomic E-state index is 0.226. The molecule has 176 valence electrons. The van der Waals surface area contributed by atoms with Crippen LogP contribution >= 0.6 is 0 Å². The van der Waals surface area contributed by atoms with Gasteiger partial charge in [-0.15, -0.1) is 0 Å². The molecule has 0 saturated heterocycles. The minimum Gasteiger partial charge on any atom is -0.506 e. The monoisotopic (exact) mass is 476 g/mol. The molecule has 3 nitrogen and oxygen atoms in total. The zero-order chi connectivity index (χ0) is 24.8. The predicted molar refractivity (Wildman–Crippen MR) is 155 cm³/mol. The summed E-state index contributed by atoms with van der Waals surface area (Å²) in [6.07, 6.45) is 0. The van der Waals surface area contributed by atoms with Gasteiger partial charge in [-0.1, -0.05) is 84.9 Å². The Morgan fingerprint density at radius 3 is 1.97 bits per heavy atom. The number of phenols is 1. The Bertz CT molecular complexity index is 1890. The van der Waals surface area contributed by atoms with Gasteiger partial charge in [-0.05, 0) is 59.3 Å². The van der Waals surface area contributed by atoms with E-state index in [1.807, 2.05) is 42.5 Å². The lowest BCUT2D eigenvalue weighted by molar-refractivity contribution is 0.477. The third-order valence-electron chi connectivity index (χ3n) is 7.03. The Morgan fingerprint density at radius 2 is 1.16 bits per heavy atom. The van der Waals surface area contributed by atoms with Crippen LogP contribution < -0.4 is 4.90 Å². The van der Waals surface area contributed by atoms with E-state index < -0.39 is 0 Å². The highest BCUT2D eigenvalue weighted by molar-refractivity contribution is 6.11. The number of hydrogen-bond acceptors (Lipinski definition) is 2. The van der Waals surface area contributed by atoms with Crippen LogP contribution in [0, 0.1) is 0 Å². The number of nitrogens with zero attached hydrogens (tertiary/aromatic N) is 2. The van der Waals surface area contributed by atoms with E-state index in [0.717, 1.165) is 49.9 Å². The maximum Gasteiger partial charge on any atom is 0.141 e. The number of phenolic OH excluding ortho intramolecular Hbond substituents is 1. The number of aromatic hydroxyl groups is 1. The molecule has 0 spiro atoms. The molecule has 0 unspecified atom stereocenters. The van der Waals surface area contributed by atoms with Crippen LogP contribution in [0.2, 0.25) is 0 Å². The van der Waals surface area contributed by atoms with Crippen LogP contribution in [0.25, 0.3) is 38.3 Å². The maximum absolute atomic E-state index is 11.6. The van der Waals surface area contributed by atoms with Crippen molar-refractivity contribution in [1.29, 1.82) is 0 Å². The second kappa shape index (κ2) is 8.58. The van der Waals surface area contributed by atoms with Gasteiger partial charge in [-0.2, -0.15) is 0 Å². The van der Waals surface area contributed by atoms with Crippen molar-refractivity contribution >= 4 is 49.6 Å².